The highest BCUT2D eigenvalue weighted by Gasteiger charge is 2.39. The summed E-state index contributed by atoms with van der Waals surface area (Å²) < 4.78 is 93.3. The molecule has 410 valence electrons. The first-order valence-electron chi connectivity index (χ1n) is 26.3. The van der Waals surface area contributed by atoms with E-state index in [0.29, 0.717) is 100 Å². The number of hydrogen-bond acceptors (Lipinski definition) is 9. The molecule has 0 amide bonds. The van der Waals surface area contributed by atoms with Gasteiger partial charge in [-0.1, -0.05) is 78.9 Å². The molecule has 0 atom stereocenters. The van der Waals surface area contributed by atoms with Crippen molar-refractivity contribution in [1.82, 2.24) is 9.13 Å². The summed E-state index contributed by atoms with van der Waals surface area (Å²) >= 11 is 0. The second kappa shape index (κ2) is 21.2. The molecular formula is C71H29F6N11. The number of alkyl halides is 6. The van der Waals surface area contributed by atoms with Crippen LogP contribution < -0.4 is 0 Å². The highest BCUT2D eigenvalue weighted by atomic mass is 19.4. The molecule has 0 spiro atoms. The van der Waals surface area contributed by atoms with Gasteiger partial charge in [0.15, 0.2) is 0 Å². The third kappa shape index (κ3) is 9.21. The third-order valence-electron chi connectivity index (χ3n) is 15.5. The summed E-state index contributed by atoms with van der Waals surface area (Å²) in [6, 6.07) is 62.0. The summed E-state index contributed by atoms with van der Waals surface area (Å²) in [6.07, 6.45) is -10.6. The number of nitrogens with zero attached hydrogens (tertiary/aromatic N) is 11. The van der Waals surface area contributed by atoms with Crippen LogP contribution >= 0.6 is 0 Å². The van der Waals surface area contributed by atoms with E-state index in [2.05, 4.69) is 30.3 Å². The average Bonchev–Trinajstić information content (AvgIpc) is 2.29. The predicted molar refractivity (Wildman–Crippen MR) is 315 cm³/mol. The van der Waals surface area contributed by atoms with Crippen molar-refractivity contribution in [2.24, 2.45) is 0 Å². The van der Waals surface area contributed by atoms with Gasteiger partial charge in [0.1, 0.15) is 0 Å². The zero-order valence-electron chi connectivity index (χ0n) is 44.9. The Morgan fingerprint density at radius 2 is 0.557 bits per heavy atom. The Morgan fingerprint density at radius 3 is 0.841 bits per heavy atom. The standard InChI is InChI=1S/C71H29F6N11/c72-70(73,74)52-9-18-57(63(28-52)71(75,76)77)62-29-69(88-66-25-45(55-12-3-41(32-80)21-49(55)36-84)7-16-60(66)61-17-8-46(26-67(61)88)56-13-4-42(33-81)22-50(56)37-85)68(27-51(62)38-86)87-64-23-43(53-10-1-39(30-78)19-47(53)34-82)5-14-58(64)59-15-6-44(24-65(59)87)54-11-2-40(31-79)20-48(54)35-83/h1-29H. The largest absolute Gasteiger partial charge is 0.417 e. The summed E-state index contributed by atoms with van der Waals surface area (Å²) in [7, 11) is 0. The summed E-state index contributed by atoms with van der Waals surface area (Å²) in [5, 5.41) is 94.6. The molecule has 0 radical (unpaired) electrons. The predicted octanol–water partition coefficient (Wildman–Crippen LogP) is 17.1. The van der Waals surface area contributed by atoms with Gasteiger partial charge in [-0.15, -0.1) is 0 Å². The Bertz CT molecular complexity index is 5240. The minimum atomic E-state index is -5.42. The quantitative estimate of drug-likeness (QED) is 0.138. The van der Waals surface area contributed by atoms with Crippen LogP contribution in [0, 0.1) is 102 Å². The van der Waals surface area contributed by atoms with Crippen molar-refractivity contribution in [2.75, 3.05) is 0 Å². The highest BCUT2D eigenvalue weighted by Crippen LogP contribution is 2.48. The van der Waals surface area contributed by atoms with Gasteiger partial charge in [0, 0.05) is 27.1 Å². The zero-order chi connectivity index (χ0) is 61.9. The van der Waals surface area contributed by atoms with E-state index in [1.165, 1.54) is 48.5 Å². The Hall–Kier alpha value is -13.2. The van der Waals surface area contributed by atoms with Crippen LogP contribution in [0.5, 0.6) is 0 Å². The molecule has 12 aromatic rings. The molecular weight excluding hydrogens is 1120 g/mol. The molecule has 17 heteroatoms. The van der Waals surface area contributed by atoms with E-state index in [4.69, 9.17) is 0 Å². The van der Waals surface area contributed by atoms with Crippen molar-refractivity contribution < 1.29 is 26.3 Å². The van der Waals surface area contributed by atoms with Gasteiger partial charge in [-0.3, -0.25) is 0 Å². The average molecular weight is 1150 g/mol. The first-order valence-corrected chi connectivity index (χ1v) is 26.3. The molecule has 2 aromatic heterocycles. The van der Waals surface area contributed by atoms with Crippen LogP contribution in [0.4, 0.5) is 26.3 Å². The van der Waals surface area contributed by atoms with Crippen molar-refractivity contribution in [3.63, 3.8) is 0 Å². The summed E-state index contributed by atoms with van der Waals surface area (Å²) in [4.78, 5) is 0. The van der Waals surface area contributed by atoms with Gasteiger partial charge in [0.05, 0.1) is 149 Å². The van der Waals surface area contributed by atoms with E-state index in [1.807, 2.05) is 24.3 Å². The van der Waals surface area contributed by atoms with Crippen molar-refractivity contribution in [3.8, 4) is 122 Å². The maximum Gasteiger partial charge on any atom is 0.417 e. The molecule has 0 bridgehead atoms. The Kier molecular flexibility index (Phi) is 13.3. The first kappa shape index (κ1) is 55.3. The number of halogens is 6. The molecule has 11 nitrogen and oxygen atoms in total. The number of benzene rings is 10. The van der Waals surface area contributed by atoms with Gasteiger partial charge in [0.2, 0.25) is 0 Å². The molecule has 0 N–H and O–H groups in total. The highest BCUT2D eigenvalue weighted by molar-refractivity contribution is 6.14. The molecule has 0 aliphatic heterocycles. The minimum absolute atomic E-state index is 0.00880. The summed E-state index contributed by atoms with van der Waals surface area (Å²) in [5.41, 5.74) is 1.39. The Labute approximate surface area is 495 Å². The lowest BCUT2D eigenvalue weighted by molar-refractivity contribution is -0.142. The first-order chi connectivity index (χ1) is 42.4. The summed E-state index contributed by atoms with van der Waals surface area (Å²) in [5.74, 6) is 0. The lowest BCUT2D eigenvalue weighted by Gasteiger charge is -2.22. The van der Waals surface area contributed by atoms with Crippen LogP contribution in [-0.2, 0) is 12.4 Å². The van der Waals surface area contributed by atoms with Gasteiger partial charge in [-0.25, -0.2) is 0 Å². The maximum atomic E-state index is 15.5. The van der Waals surface area contributed by atoms with Crippen molar-refractivity contribution >= 4 is 43.6 Å². The van der Waals surface area contributed by atoms with Crippen LogP contribution in [0.2, 0.25) is 0 Å². The smallest absolute Gasteiger partial charge is 0.307 e. The molecule has 0 aliphatic carbocycles. The molecule has 0 fully saturated rings. The van der Waals surface area contributed by atoms with Gasteiger partial charge in [0.25, 0.3) is 0 Å². The SMILES string of the molecule is N#Cc1ccc(-c2ccc3c4ccc(-c5ccc(C#N)cc5C#N)cc4n(-c4cc(C#N)c(-c5ccc(C(F)(F)F)cc5C(F)(F)F)cc4-n4c5cc(-c6ccc(C#N)cc6C#N)ccc5c5ccc(-c6ccc(C#N)cc6C#N)cc54)c3c2)c(C#N)c1. The van der Waals surface area contributed by atoms with Gasteiger partial charge in [-0.05, 0) is 147 Å². The van der Waals surface area contributed by atoms with Crippen LogP contribution in [0.25, 0.3) is 111 Å². The molecule has 2 heterocycles. The fourth-order valence-corrected chi connectivity index (χ4v) is 11.5. The zero-order valence-corrected chi connectivity index (χ0v) is 44.9. The number of rotatable bonds is 7. The van der Waals surface area contributed by atoms with Crippen molar-refractivity contribution in [3.05, 3.63) is 237 Å². The molecule has 12 rings (SSSR count). The van der Waals surface area contributed by atoms with Crippen molar-refractivity contribution in [1.29, 1.82) is 47.4 Å². The summed E-state index contributed by atoms with van der Waals surface area (Å²) in [6.45, 7) is 0. The van der Waals surface area contributed by atoms with Gasteiger partial charge < -0.3 is 9.13 Å². The van der Waals surface area contributed by atoms with Crippen LogP contribution in [0.3, 0.4) is 0 Å². The normalized spacial score (nSPS) is 11.2. The van der Waals surface area contributed by atoms with Gasteiger partial charge >= 0.3 is 12.4 Å². The minimum Gasteiger partial charge on any atom is -0.307 e. The molecule has 0 unspecified atom stereocenters. The second-order valence-electron chi connectivity index (χ2n) is 20.3. The number of nitriles is 9. The topological polar surface area (TPSA) is 224 Å². The maximum absolute atomic E-state index is 15.5. The third-order valence-corrected chi connectivity index (χ3v) is 15.5. The fraction of sp³-hybridized carbons (Fsp3) is 0.0282. The van der Waals surface area contributed by atoms with Crippen molar-refractivity contribution in [2.45, 2.75) is 12.4 Å². The van der Waals surface area contributed by atoms with Gasteiger partial charge in [-0.2, -0.15) is 73.7 Å². The lowest BCUT2D eigenvalue weighted by Crippen LogP contribution is -2.13. The number of hydrogen-bond donors (Lipinski definition) is 0. The second-order valence-corrected chi connectivity index (χ2v) is 20.3. The molecule has 88 heavy (non-hydrogen) atoms. The van der Waals surface area contributed by atoms with Crippen LogP contribution in [-0.4, -0.2) is 9.13 Å². The molecule has 0 saturated heterocycles. The molecule has 0 aliphatic rings. The molecule has 0 saturated carbocycles. The lowest BCUT2D eigenvalue weighted by atomic mass is 9.92. The van der Waals surface area contributed by atoms with E-state index in [9.17, 15) is 60.5 Å². The van der Waals surface area contributed by atoms with E-state index < -0.39 is 40.2 Å². The van der Waals surface area contributed by atoms with Crippen LogP contribution in [0.1, 0.15) is 61.2 Å². The number of aromatic nitrogens is 2. The monoisotopic (exact) mass is 1150 g/mol. The van der Waals surface area contributed by atoms with E-state index >= 15 is 13.2 Å². The number of fused-ring (bicyclic) bond motifs is 6. The Morgan fingerprint density at radius 1 is 0.261 bits per heavy atom. The van der Waals surface area contributed by atoms with E-state index in [0.717, 1.165) is 0 Å². The fourth-order valence-electron chi connectivity index (χ4n) is 11.5. The van der Waals surface area contributed by atoms with E-state index in [1.54, 1.807) is 118 Å². The Balaban J connectivity index is 1.30. The molecule has 10 aromatic carbocycles. The van der Waals surface area contributed by atoms with E-state index in [-0.39, 0.29) is 61.9 Å². The van der Waals surface area contributed by atoms with Crippen LogP contribution in [0.15, 0.2) is 176 Å².